The lowest BCUT2D eigenvalue weighted by Crippen LogP contribution is -2.13. The first-order valence-corrected chi connectivity index (χ1v) is 18.2. The second-order valence-corrected chi connectivity index (χ2v) is 17.1. The first kappa shape index (κ1) is 34.9. The van der Waals surface area contributed by atoms with Crippen molar-refractivity contribution < 1.29 is 5.11 Å². The predicted octanol–water partition coefficient (Wildman–Crippen LogP) is 12.7. The van der Waals surface area contributed by atoms with Gasteiger partial charge < -0.3 is 5.11 Å². The van der Waals surface area contributed by atoms with Crippen molar-refractivity contribution in [2.75, 3.05) is 0 Å². The van der Waals surface area contributed by atoms with E-state index < -0.39 is 0 Å². The van der Waals surface area contributed by atoms with Gasteiger partial charge in [0, 0.05) is 23.0 Å². The summed E-state index contributed by atoms with van der Waals surface area (Å²) >= 11 is 0. The van der Waals surface area contributed by atoms with E-state index in [1.165, 1.54) is 16.7 Å². The third-order valence-corrected chi connectivity index (χ3v) is 10.0. The van der Waals surface area contributed by atoms with E-state index in [-0.39, 0.29) is 22.0 Å². The van der Waals surface area contributed by atoms with Crippen LogP contribution < -0.4 is 0 Å². The van der Waals surface area contributed by atoms with Gasteiger partial charge in [-0.3, -0.25) is 9.55 Å². The molecule has 0 aliphatic heterocycles. The summed E-state index contributed by atoms with van der Waals surface area (Å²) < 4.78 is 2.21. The molecule has 0 spiro atoms. The maximum absolute atomic E-state index is 11.5. The molecule has 0 saturated carbocycles. The number of benzene rings is 5. The summed E-state index contributed by atoms with van der Waals surface area (Å²) in [4.78, 5) is 10.4. The standard InChI is InChI=1S/C48H49N3O/c1-46(2,3)35-22-23-49-41(29-35)34-24-33(25-36(26-34)47(4,5)6)39-28-37(48(7,8)9)30-42-44(39)50-45(51(42)38-18-14-11-15-19-38)40-27-32(20-21-43(40)52)31-16-12-10-13-17-31/h10-30,52H,1-9H3. The van der Waals surface area contributed by atoms with Crippen LogP contribution >= 0.6 is 0 Å². The zero-order chi connectivity index (χ0) is 37.0. The average molecular weight is 684 g/mol. The van der Waals surface area contributed by atoms with Gasteiger partial charge in [0.15, 0.2) is 0 Å². The third-order valence-electron chi connectivity index (χ3n) is 10.0. The van der Waals surface area contributed by atoms with Crippen molar-refractivity contribution in [1.29, 1.82) is 0 Å². The Morgan fingerprint density at radius 1 is 0.500 bits per heavy atom. The summed E-state index contributed by atoms with van der Waals surface area (Å²) in [5, 5.41) is 11.5. The molecule has 0 aliphatic carbocycles. The van der Waals surface area contributed by atoms with Crippen LogP contribution in [0, 0.1) is 0 Å². The van der Waals surface area contributed by atoms with Crippen LogP contribution in [0.1, 0.15) is 79.0 Å². The van der Waals surface area contributed by atoms with E-state index >= 15 is 0 Å². The number of hydrogen-bond donors (Lipinski definition) is 1. The Bertz CT molecular complexity index is 2400. The van der Waals surface area contributed by atoms with Crippen LogP contribution in [0.5, 0.6) is 5.75 Å². The van der Waals surface area contributed by atoms with Crippen molar-refractivity contribution in [2.45, 2.75) is 78.6 Å². The minimum atomic E-state index is -0.142. The van der Waals surface area contributed by atoms with Crippen molar-refractivity contribution in [2.24, 2.45) is 0 Å². The van der Waals surface area contributed by atoms with Crippen LogP contribution in [0.15, 0.2) is 128 Å². The number of phenols is 1. The number of para-hydroxylation sites is 1. The van der Waals surface area contributed by atoms with Gasteiger partial charge in [-0.15, -0.1) is 0 Å². The molecule has 0 radical (unpaired) electrons. The molecule has 2 heterocycles. The Morgan fingerprint density at radius 2 is 1.12 bits per heavy atom. The summed E-state index contributed by atoms with van der Waals surface area (Å²) in [6.07, 6.45) is 1.93. The summed E-state index contributed by atoms with van der Waals surface area (Å²) in [6, 6.07) is 42.3. The zero-order valence-electron chi connectivity index (χ0n) is 31.9. The topological polar surface area (TPSA) is 50.9 Å². The lowest BCUT2D eigenvalue weighted by molar-refractivity contribution is 0.477. The molecule has 7 rings (SSSR count). The Hall–Kier alpha value is -5.48. The molecule has 52 heavy (non-hydrogen) atoms. The molecule has 1 N–H and O–H groups in total. The molecule has 0 bridgehead atoms. The number of hydrogen-bond acceptors (Lipinski definition) is 3. The van der Waals surface area contributed by atoms with Crippen molar-refractivity contribution in [3.05, 3.63) is 144 Å². The molecule has 2 aromatic heterocycles. The third kappa shape index (κ3) is 6.78. The van der Waals surface area contributed by atoms with Crippen molar-refractivity contribution in [3.8, 4) is 56.3 Å². The highest BCUT2D eigenvalue weighted by Crippen LogP contribution is 2.43. The molecule has 0 atom stereocenters. The lowest BCUT2D eigenvalue weighted by Gasteiger charge is -2.24. The van der Waals surface area contributed by atoms with Crippen LogP contribution in [-0.2, 0) is 16.2 Å². The van der Waals surface area contributed by atoms with Crippen LogP contribution in [0.4, 0.5) is 0 Å². The fourth-order valence-electron chi connectivity index (χ4n) is 6.79. The van der Waals surface area contributed by atoms with E-state index in [0.29, 0.717) is 11.4 Å². The fourth-order valence-corrected chi connectivity index (χ4v) is 6.79. The molecule has 4 heteroatoms. The number of pyridine rings is 1. The van der Waals surface area contributed by atoms with E-state index in [1.54, 1.807) is 6.07 Å². The van der Waals surface area contributed by atoms with Gasteiger partial charge in [-0.25, -0.2) is 4.98 Å². The van der Waals surface area contributed by atoms with E-state index in [0.717, 1.165) is 50.2 Å². The zero-order valence-corrected chi connectivity index (χ0v) is 31.9. The molecular formula is C48H49N3O. The summed E-state index contributed by atoms with van der Waals surface area (Å²) in [5.74, 6) is 0.877. The normalized spacial score (nSPS) is 12.4. The number of nitrogens with zero attached hydrogens (tertiary/aromatic N) is 3. The van der Waals surface area contributed by atoms with E-state index in [9.17, 15) is 5.11 Å². The maximum Gasteiger partial charge on any atom is 0.149 e. The largest absolute Gasteiger partial charge is 0.507 e. The van der Waals surface area contributed by atoms with E-state index in [4.69, 9.17) is 9.97 Å². The van der Waals surface area contributed by atoms with Crippen molar-refractivity contribution >= 4 is 11.0 Å². The number of imidazole rings is 1. The smallest absolute Gasteiger partial charge is 0.149 e. The highest BCUT2D eigenvalue weighted by atomic mass is 16.3. The van der Waals surface area contributed by atoms with E-state index in [1.807, 2.05) is 36.5 Å². The van der Waals surface area contributed by atoms with Gasteiger partial charge in [-0.2, -0.15) is 0 Å². The summed E-state index contributed by atoms with van der Waals surface area (Å²) in [7, 11) is 0. The first-order chi connectivity index (χ1) is 24.6. The van der Waals surface area contributed by atoms with Crippen LogP contribution in [0.2, 0.25) is 0 Å². The summed E-state index contributed by atoms with van der Waals surface area (Å²) in [6.45, 7) is 20.3. The highest BCUT2D eigenvalue weighted by Gasteiger charge is 2.26. The predicted molar refractivity (Wildman–Crippen MR) is 218 cm³/mol. The molecule has 4 nitrogen and oxygen atoms in total. The molecule has 0 amide bonds. The minimum Gasteiger partial charge on any atom is -0.507 e. The van der Waals surface area contributed by atoms with E-state index in [2.05, 4.69) is 152 Å². The number of aromatic nitrogens is 3. The minimum absolute atomic E-state index is 0.000588. The second-order valence-electron chi connectivity index (χ2n) is 17.1. The molecule has 0 aliphatic rings. The van der Waals surface area contributed by atoms with Crippen LogP contribution in [0.3, 0.4) is 0 Å². The first-order valence-electron chi connectivity index (χ1n) is 18.2. The maximum atomic E-state index is 11.5. The highest BCUT2D eigenvalue weighted by molar-refractivity contribution is 5.98. The summed E-state index contributed by atoms with van der Waals surface area (Å²) in [5.41, 5.74) is 13.2. The average Bonchev–Trinajstić information content (AvgIpc) is 3.50. The lowest BCUT2D eigenvalue weighted by atomic mass is 9.81. The SMILES string of the molecule is CC(C)(C)c1cc(-c2cc(C(C)(C)C)ccn2)cc(-c2cc(C(C)(C)C)cc3c2nc(-c2cc(-c4ccccc4)ccc2O)n3-c2ccccc2)c1. The van der Waals surface area contributed by atoms with Gasteiger partial charge in [0.1, 0.15) is 11.6 Å². The Balaban J connectivity index is 1.57. The molecule has 0 saturated heterocycles. The van der Waals surface area contributed by atoms with Gasteiger partial charge in [0.2, 0.25) is 0 Å². The molecular weight excluding hydrogens is 635 g/mol. The number of aromatic hydroxyl groups is 1. The van der Waals surface area contributed by atoms with Crippen LogP contribution in [-0.4, -0.2) is 19.6 Å². The van der Waals surface area contributed by atoms with Crippen molar-refractivity contribution in [1.82, 2.24) is 14.5 Å². The van der Waals surface area contributed by atoms with Gasteiger partial charge in [0.05, 0.1) is 22.3 Å². The molecule has 7 aromatic rings. The second kappa shape index (κ2) is 12.9. The molecule has 0 unspecified atom stereocenters. The van der Waals surface area contributed by atoms with Gasteiger partial charge in [-0.05, 0) is 110 Å². The number of phenolic OH excluding ortho intramolecular Hbond substituents is 1. The molecule has 5 aromatic carbocycles. The Labute approximate surface area is 308 Å². The Kier molecular flexibility index (Phi) is 8.69. The molecule has 262 valence electrons. The monoisotopic (exact) mass is 683 g/mol. The van der Waals surface area contributed by atoms with Crippen LogP contribution in [0.25, 0.3) is 61.6 Å². The van der Waals surface area contributed by atoms with Gasteiger partial charge in [0.25, 0.3) is 0 Å². The molecule has 0 fully saturated rings. The number of rotatable bonds is 5. The van der Waals surface area contributed by atoms with Crippen molar-refractivity contribution in [3.63, 3.8) is 0 Å². The fraction of sp³-hybridized carbons (Fsp3) is 0.250. The quantitative estimate of drug-likeness (QED) is 0.196. The van der Waals surface area contributed by atoms with Gasteiger partial charge >= 0.3 is 0 Å². The van der Waals surface area contributed by atoms with Gasteiger partial charge in [-0.1, -0.05) is 123 Å². The Morgan fingerprint density at radius 3 is 1.77 bits per heavy atom. The number of fused-ring (bicyclic) bond motifs is 1.